The molecule has 0 aliphatic heterocycles. The van der Waals surface area contributed by atoms with Crippen molar-refractivity contribution in [3.8, 4) is 0 Å². The van der Waals surface area contributed by atoms with Crippen LogP contribution in [0.3, 0.4) is 0 Å². The van der Waals surface area contributed by atoms with Gasteiger partial charge in [0.05, 0.1) is 5.01 Å². The molecule has 3 rings (SSSR count). The molecule has 0 aliphatic carbocycles. The number of aromatic nitrogens is 2. The number of amides is 1. The van der Waals surface area contributed by atoms with E-state index in [0.717, 1.165) is 5.01 Å². The largest absolute Gasteiger partial charge is 0.423 e. The number of nitrogens with two attached hydrogens (primary N) is 1. The lowest BCUT2D eigenvalue weighted by molar-refractivity contribution is 0.102. The number of anilines is 2. The van der Waals surface area contributed by atoms with E-state index in [4.69, 9.17) is 10.2 Å². The average Bonchev–Trinajstić information content (AvgIpc) is 3.13. The van der Waals surface area contributed by atoms with Crippen molar-refractivity contribution < 1.29 is 9.21 Å². The number of halogens is 2. The van der Waals surface area contributed by atoms with Crippen LogP contribution in [0.15, 0.2) is 28.0 Å². The molecule has 0 saturated heterocycles. The van der Waals surface area contributed by atoms with Gasteiger partial charge in [0.25, 0.3) is 11.9 Å². The van der Waals surface area contributed by atoms with E-state index in [1.807, 2.05) is 14.1 Å². The van der Waals surface area contributed by atoms with Crippen molar-refractivity contribution in [1.29, 1.82) is 0 Å². The van der Waals surface area contributed by atoms with E-state index in [1.54, 1.807) is 28.5 Å². The van der Waals surface area contributed by atoms with Crippen molar-refractivity contribution in [2.45, 2.75) is 6.42 Å². The number of oxazole rings is 1. The number of nitrogens with zero attached hydrogens (tertiary/aromatic N) is 3. The van der Waals surface area contributed by atoms with E-state index in [2.05, 4.69) is 15.3 Å². The fourth-order valence-electron chi connectivity index (χ4n) is 2.03. The molecule has 136 valence electrons. The van der Waals surface area contributed by atoms with Crippen LogP contribution in [0.25, 0.3) is 11.1 Å². The van der Waals surface area contributed by atoms with Crippen molar-refractivity contribution in [3.63, 3.8) is 0 Å². The Morgan fingerprint density at radius 3 is 2.76 bits per heavy atom. The molecular weight excluding hydrogens is 385 g/mol. The summed E-state index contributed by atoms with van der Waals surface area (Å²) in [5.74, 6) is -0.250. The van der Waals surface area contributed by atoms with Gasteiger partial charge in [-0.05, 0) is 24.7 Å². The highest BCUT2D eigenvalue weighted by molar-refractivity contribution is 7.09. The van der Waals surface area contributed by atoms with Crippen molar-refractivity contribution in [1.82, 2.24) is 9.97 Å². The molecule has 25 heavy (non-hydrogen) atoms. The third-order valence-corrected chi connectivity index (χ3v) is 4.07. The molecule has 0 unspecified atom stereocenters. The highest BCUT2D eigenvalue weighted by atomic mass is 35.5. The van der Waals surface area contributed by atoms with Gasteiger partial charge in [-0.25, -0.2) is 4.98 Å². The molecule has 0 saturated carbocycles. The maximum Gasteiger partial charge on any atom is 0.297 e. The van der Waals surface area contributed by atoms with Crippen LogP contribution in [0.2, 0.25) is 0 Å². The minimum absolute atomic E-state index is 0. The quantitative estimate of drug-likeness (QED) is 0.679. The Balaban J connectivity index is 0.00000156. The third kappa shape index (κ3) is 4.82. The van der Waals surface area contributed by atoms with Crippen molar-refractivity contribution >= 4 is 64.9 Å². The summed E-state index contributed by atoms with van der Waals surface area (Å²) < 4.78 is 5.58. The average molecular weight is 404 g/mol. The molecule has 0 fully saturated rings. The SMILES string of the molecule is CN(C)c1nc2cc(NC(=O)c3csc(CCN)n3)ccc2o1.Cl.Cl. The molecule has 0 atom stereocenters. The summed E-state index contributed by atoms with van der Waals surface area (Å²) in [5, 5.41) is 5.42. The predicted molar refractivity (Wildman–Crippen MR) is 106 cm³/mol. The van der Waals surface area contributed by atoms with Gasteiger partial charge in [0.2, 0.25) is 0 Å². The van der Waals surface area contributed by atoms with Gasteiger partial charge in [-0.2, -0.15) is 4.98 Å². The lowest BCUT2D eigenvalue weighted by Crippen LogP contribution is -2.12. The van der Waals surface area contributed by atoms with Crippen LogP contribution < -0.4 is 16.0 Å². The molecule has 0 aliphatic rings. The number of hydrogen-bond acceptors (Lipinski definition) is 7. The zero-order chi connectivity index (χ0) is 16.4. The second-order valence-electron chi connectivity index (χ2n) is 5.19. The first kappa shape index (κ1) is 21.2. The lowest BCUT2D eigenvalue weighted by Gasteiger charge is -2.03. The molecule has 10 heteroatoms. The number of hydrogen-bond donors (Lipinski definition) is 2. The van der Waals surface area contributed by atoms with E-state index in [-0.39, 0.29) is 30.7 Å². The number of benzene rings is 1. The van der Waals surface area contributed by atoms with Gasteiger partial charge in [0.1, 0.15) is 11.2 Å². The van der Waals surface area contributed by atoms with E-state index in [0.29, 0.717) is 41.5 Å². The number of carbonyl (C=O) groups excluding carboxylic acids is 1. The highest BCUT2D eigenvalue weighted by Gasteiger charge is 2.13. The summed E-state index contributed by atoms with van der Waals surface area (Å²) in [4.78, 5) is 22.6. The molecular formula is C15H19Cl2N5O2S. The fourth-order valence-corrected chi connectivity index (χ4v) is 2.83. The van der Waals surface area contributed by atoms with Crippen LogP contribution in [0.5, 0.6) is 0 Å². The number of thiazole rings is 1. The summed E-state index contributed by atoms with van der Waals surface area (Å²) in [6, 6.07) is 5.86. The van der Waals surface area contributed by atoms with Crippen molar-refractivity contribution in [3.05, 3.63) is 34.3 Å². The van der Waals surface area contributed by atoms with E-state index < -0.39 is 0 Å². The Bertz CT molecular complexity index is 849. The van der Waals surface area contributed by atoms with Gasteiger partial charge in [-0.1, -0.05) is 0 Å². The summed E-state index contributed by atoms with van der Waals surface area (Å²) in [6.45, 7) is 0.519. The third-order valence-electron chi connectivity index (χ3n) is 3.16. The van der Waals surface area contributed by atoms with E-state index >= 15 is 0 Å². The summed E-state index contributed by atoms with van der Waals surface area (Å²) in [6.07, 6.45) is 0.677. The lowest BCUT2D eigenvalue weighted by atomic mass is 10.3. The predicted octanol–water partition coefficient (Wildman–Crippen LogP) is 2.95. The maximum absolute atomic E-state index is 12.2. The second kappa shape index (κ2) is 9.00. The zero-order valence-corrected chi connectivity index (χ0v) is 16.1. The smallest absolute Gasteiger partial charge is 0.297 e. The summed E-state index contributed by atoms with van der Waals surface area (Å²) in [5.41, 5.74) is 7.90. The normalized spacial score (nSPS) is 10.0. The van der Waals surface area contributed by atoms with E-state index in [1.165, 1.54) is 11.3 Å². The van der Waals surface area contributed by atoms with Gasteiger partial charge in [0, 0.05) is 31.6 Å². The molecule has 0 bridgehead atoms. The van der Waals surface area contributed by atoms with Gasteiger partial charge in [0.15, 0.2) is 5.58 Å². The fraction of sp³-hybridized carbons (Fsp3) is 0.267. The number of carbonyl (C=O) groups is 1. The van der Waals surface area contributed by atoms with Gasteiger partial charge in [-0.15, -0.1) is 36.2 Å². The van der Waals surface area contributed by atoms with Crippen LogP contribution in [-0.4, -0.2) is 36.5 Å². The van der Waals surface area contributed by atoms with Crippen LogP contribution in [0.4, 0.5) is 11.7 Å². The van der Waals surface area contributed by atoms with Crippen LogP contribution in [-0.2, 0) is 6.42 Å². The number of fused-ring (bicyclic) bond motifs is 1. The van der Waals surface area contributed by atoms with E-state index in [9.17, 15) is 4.79 Å². The zero-order valence-electron chi connectivity index (χ0n) is 13.7. The monoisotopic (exact) mass is 403 g/mol. The number of nitrogens with one attached hydrogen (secondary N) is 1. The first-order valence-electron chi connectivity index (χ1n) is 7.10. The Morgan fingerprint density at radius 2 is 2.08 bits per heavy atom. The van der Waals surface area contributed by atoms with Crippen LogP contribution in [0, 0.1) is 0 Å². The molecule has 2 heterocycles. The molecule has 1 amide bonds. The molecule has 0 radical (unpaired) electrons. The van der Waals surface area contributed by atoms with Gasteiger partial charge in [-0.3, -0.25) is 4.79 Å². The molecule has 3 N–H and O–H groups in total. The van der Waals surface area contributed by atoms with Crippen LogP contribution >= 0.6 is 36.2 Å². The minimum atomic E-state index is -0.250. The molecule has 7 nitrogen and oxygen atoms in total. The maximum atomic E-state index is 12.2. The standard InChI is InChI=1S/C15H17N5O2S.2ClH/c1-20(2)15-19-10-7-9(3-4-12(10)22-15)17-14(21)11-8-23-13(18-11)5-6-16;;/h3-4,7-8H,5-6,16H2,1-2H3,(H,17,21);2*1H. The van der Waals surface area contributed by atoms with Crippen molar-refractivity contribution in [2.75, 3.05) is 30.9 Å². The van der Waals surface area contributed by atoms with Gasteiger partial charge >= 0.3 is 0 Å². The van der Waals surface area contributed by atoms with Crippen molar-refractivity contribution in [2.24, 2.45) is 5.73 Å². The Morgan fingerprint density at radius 1 is 1.32 bits per heavy atom. The summed E-state index contributed by atoms with van der Waals surface area (Å²) >= 11 is 1.44. The number of rotatable bonds is 5. The molecule has 2 aromatic heterocycles. The Hall–Kier alpha value is -1.87. The topological polar surface area (TPSA) is 97.3 Å². The Kier molecular flexibility index (Phi) is 7.62. The first-order chi connectivity index (χ1) is 11.1. The molecule has 0 spiro atoms. The Labute approximate surface area is 161 Å². The molecule has 3 aromatic rings. The molecule has 1 aromatic carbocycles. The summed E-state index contributed by atoms with van der Waals surface area (Å²) in [7, 11) is 3.71. The first-order valence-corrected chi connectivity index (χ1v) is 7.98. The minimum Gasteiger partial charge on any atom is -0.423 e. The van der Waals surface area contributed by atoms with Crippen LogP contribution in [0.1, 0.15) is 15.5 Å². The van der Waals surface area contributed by atoms with Gasteiger partial charge < -0.3 is 20.4 Å². The second-order valence-corrected chi connectivity index (χ2v) is 6.14. The highest BCUT2D eigenvalue weighted by Crippen LogP contribution is 2.24.